The molecule has 38 heavy (non-hydrogen) atoms. The quantitative estimate of drug-likeness (QED) is 0.314. The van der Waals surface area contributed by atoms with Gasteiger partial charge in [0.2, 0.25) is 0 Å². The largest absolute Gasteiger partial charge is 1.00 e. The maximum absolute atomic E-state index is 13.4. The van der Waals surface area contributed by atoms with E-state index in [2.05, 4.69) is 53.7 Å². The molecule has 4 nitrogen and oxygen atoms in total. The van der Waals surface area contributed by atoms with Gasteiger partial charge in [-0.25, -0.2) is 4.57 Å². The predicted octanol–water partition coefficient (Wildman–Crippen LogP) is 6.31. The van der Waals surface area contributed by atoms with E-state index in [-0.39, 0.29) is 40.4 Å². The molecular weight excluding hydrogens is 502 g/mol. The molecule has 0 spiro atoms. The molecule has 0 aromatic heterocycles. The van der Waals surface area contributed by atoms with E-state index in [0.717, 1.165) is 36.8 Å². The van der Waals surface area contributed by atoms with Gasteiger partial charge < -0.3 is 13.9 Å². The van der Waals surface area contributed by atoms with E-state index in [4.69, 9.17) is 9.05 Å². The molecule has 0 aliphatic heterocycles. The Morgan fingerprint density at radius 3 is 1.32 bits per heavy atom. The number of phosphoric ester groups is 1. The van der Waals surface area contributed by atoms with Crippen molar-refractivity contribution in [3.8, 4) is 11.5 Å². The minimum atomic E-state index is -4.65. The van der Waals surface area contributed by atoms with Gasteiger partial charge in [0.05, 0.1) is 0 Å². The van der Waals surface area contributed by atoms with Crippen LogP contribution in [-0.4, -0.2) is 0 Å². The molecule has 0 saturated heterocycles. The second-order valence-electron chi connectivity index (χ2n) is 13.3. The average Bonchev–Trinajstić information content (AvgIpc) is 2.84. The molecule has 0 atom stereocenters. The summed E-state index contributed by atoms with van der Waals surface area (Å²) < 4.78 is 24.9. The Morgan fingerprint density at radius 2 is 1.00 bits per heavy atom. The van der Waals surface area contributed by atoms with Gasteiger partial charge in [0.15, 0.2) is 0 Å². The second kappa shape index (κ2) is 12.8. The van der Waals surface area contributed by atoms with Crippen LogP contribution in [-0.2, 0) is 15.4 Å². The molecule has 4 rings (SSSR count). The van der Waals surface area contributed by atoms with Crippen LogP contribution >= 0.6 is 7.82 Å². The summed E-state index contributed by atoms with van der Waals surface area (Å²) >= 11 is 0. The first-order valence-corrected chi connectivity index (χ1v) is 15.8. The van der Waals surface area contributed by atoms with Crippen molar-refractivity contribution >= 4 is 7.82 Å². The topological polar surface area (TPSA) is 58.6 Å². The van der Waals surface area contributed by atoms with E-state index in [0.29, 0.717) is 23.3 Å². The molecule has 0 N–H and O–H groups in total. The standard InChI is InChI=1S/C32H47O4P.Na/c1-31(2,3)25-17-19-29(27(21-25)23-13-9-7-10-14-23)35-37(33,34)36-30-20-18-26(32(4,5)6)22-28(30)24-15-11-8-12-16-24;/h17-24H,7-16H2,1-6H3,(H,33,34);/q;+1/p-1. The van der Waals surface area contributed by atoms with Crippen LogP contribution in [0.2, 0.25) is 0 Å². The van der Waals surface area contributed by atoms with Gasteiger partial charge in [-0.3, -0.25) is 0 Å². The molecule has 0 bridgehead atoms. The van der Waals surface area contributed by atoms with Gasteiger partial charge in [-0.05, 0) is 82.7 Å². The Balaban J connectivity index is 0.00000400. The van der Waals surface area contributed by atoms with Gasteiger partial charge in [-0.2, -0.15) is 0 Å². The molecule has 2 aromatic carbocycles. The normalized spacial score (nSPS) is 18.1. The maximum atomic E-state index is 13.4. The molecule has 6 heteroatoms. The van der Waals surface area contributed by atoms with Crippen molar-refractivity contribution in [1.82, 2.24) is 0 Å². The van der Waals surface area contributed by atoms with Gasteiger partial charge in [0, 0.05) is 0 Å². The molecule has 0 unspecified atom stereocenters. The summed E-state index contributed by atoms with van der Waals surface area (Å²) in [6.45, 7) is 13.1. The molecule has 2 aliphatic rings. The number of hydrogen-bond acceptors (Lipinski definition) is 4. The van der Waals surface area contributed by atoms with Crippen LogP contribution in [0.4, 0.5) is 0 Å². The first-order valence-electron chi connectivity index (χ1n) is 14.3. The molecule has 0 heterocycles. The molecule has 2 aliphatic carbocycles. The van der Waals surface area contributed by atoms with Crippen molar-refractivity contribution in [3.05, 3.63) is 58.7 Å². The van der Waals surface area contributed by atoms with E-state index in [1.807, 2.05) is 24.3 Å². The van der Waals surface area contributed by atoms with Crippen LogP contribution in [0, 0.1) is 0 Å². The minimum absolute atomic E-state index is 0. The van der Waals surface area contributed by atoms with Crippen LogP contribution < -0.4 is 43.5 Å². The Labute approximate surface area is 253 Å². The monoisotopic (exact) mass is 548 g/mol. The second-order valence-corrected chi connectivity index (χ2v) is 14.6. The Morgan fingerprint density at radius 1 is 0.658 bits per heavy atom. The fourth-order valence-corrected chi connectivity index (χ4v) is 6.77. The zero-order chi connectivity index (χ0) is 26.8. The van der Waals surface area contributed by atoms with E-state index in [1.54, 1.807) is 0 Å². The third-order valence-electron chi connectivity index (χ3n) is 8.26. The summed E-state index contributed by atoms with van der Waals surface area (Å²) in [6.07, 6.45) is 11.4. The van der Waals surface area contributed by atoms with Crippen LogP contribution in [0.3, 0.4) is 0 Å². The molecule has 0 radical (unpaired) electrons. The Kier molecular flexibility index (Phi) is 10.7. The fourth-order valence-electron chi connectivity index (χ4n) is 5.92. The predicted molar refractivity (Wildman–Crippen MR) is 151 cm³/mol. The van der Waals surface area contributed by atoms with Crippen molar-refractivity contribution in [2.24, 2.45) is 0 Å². The fraction of sp³-hybridized carbons (Fsp3) is 0.625. The van der Waals surface area contributed by atoms with Crippen molar-refractivity contribution in [3.63, 3.8) is 0 Å². The molecule has 204 valence electrons. The molecule has 2 aromatic rings. The number of benzene rings is 2. The summed E-state index contributed by atoms with van der Waals surface area (Å²) in [4.78, 5) is 13.4. The van der Waals surface area contributed by atoms with Crippen LogP contribution in [0.25, 0.3) is 0 Å². The van der Waals surface area contributed by atoms with Crippen LogP contribution in [0.1, 0.15) is 140 Å². The van der Waals surface area contributed by atoms with E-state index in [1.165, 1.54) is 49.7 Å². The molecule has 2 fully saturated rings. The first kappa shape index (κ1) is 31.8. The van der Waals surface area contributed by atoms with Gasteiger partial charge >= 0.3 is 37.4 Å². The summed E-state index contributed by atoms with van der Waals surface area (Å²) in [7, 11) is -4.65. The maximum Gasteiger partial charge on any atom is 1.00 e. The smallest absolute Gasteiger partial charge is 0.736 e. The number of phosphoric acid groups is 1. The summed E-state index contributed by atoms with van der Waals surface area (Å²) in [5.41, 5.74) is 4.34. The van der Waals surface area contributed by atoms with E-state index in [9.17, 15) is 9.46 Å². The average molecular weight is 549 g/mol. The SMILES string of the molecule is CC(C)(C)c1ccc(OP(=O)([O-])Oc2ccc(C(C)(C)C)cc2C2CCCCC2)c(C2CCCCC2)c1.[Na+]. The van der Waals surface area contributed by atoms with Crippen molar-refractivity contribution in [2.45, 2.75) is 128 Å². The third-order valence-corrected chi connectivity index (χ3v) is 9.10. The summed E-state index contributed by atoms with van der Waals surface area (Å²) in [6, 6.07) is 12.0. The first-order chi connectivity index (χ1) is 17.3. The summed E-state index contributed by atoms with van der Waals surface area (Å²) in [5, 5.41) is 0. The zero-order valence-corrected chi connectivity index (χ0v) is 27.7. The van der Waals surface area contributed by atoms with Gasteiger partial charge in [-0.1, -0.05) is 104 Å². The van der Waals surface area contributed by atoms with Crippen molar-refractivity contribution in [1.29, 1.82) is 0 Å². The minimum Gasteiger partial charge on any atom is -0.736 e. The molecular formula is C32H46NaO4P. The molecule has 0 amide bonds. The van der Waals surface area contributed by atoms with Crippen LogP contribution in [0.15, 0.2) is 36.4 Å². The zero-order valence-electron chi connectivity index (χ0n) is 24.8. The Hall–Kier alpha value is -0.770. The van der Waals surface area contributed by atoms with E-state index < -0.39 is 7.82 Å². The third kappa shape index (κ3) is 8.14. The van der Waals surface area contributed by atoms with Crippen molar-refractivity contribution in [2.75, 3.05) is 0 Å². The van der Waals surface area contributed by atoms with Gasteiger partial charge in [0.25, 0.3) is 0 Å². The number of rotatable bonds is 6. The Bertz CT molecular complexity index is 1030. The summed E-state index contributed by atoms with van der Waals surface area (Å²) in [5.74, 6) is 1.47. The van der Waals surface area contributed by atoms with Crippen LogP contribution in [0.5, 0.6) is 11.5 Å². The number of hydrogen-bond donors (Lipinski definition) is 0. The van der Waals surface area contributed by atoms with Gasteiger partial charge in [0.1, 0.15) is 11.5 Å². The van der Waals surface area contributed by atoms with Crippen molar-refractivity contribution < 1.29 is 48.1 Å². The van der Waals surface area contributed by atoms with Gasteiger partial charge in [-0.15, -0.1) is 0 Å². The van der Waals surface area contributed by atoms with E-state index >= 15 is 0 Å². The molecule has 2 saturated carbocycles.